The predicted molar refractivity (Wildman–Crippen MR) is 201 cm³/mol. The fourth-order valence-electron chi connectivity index (χ4n) is 1.98. The summed E-state index contributed by atoms with van der Waals surface area (Å²) in [4.78, 5) is 0. The van der Waals surface area contributed by atoms with Gasteiger partial charge in [0.15, 0.2) is 0 Å². The molecular weight excluding hydrogens is 1090 g/mol. The molecule has 0 spiro atoms. The molecule has 0 nitrogen and oxygen atoms in total. The Balaban J connectivity index is 0.000000569. The van der Waals surface area contributed by atoms with E-state index >= 15 is 0 Å². The molecule has 0 unspecified atom stereocenters. The van der Waals surface area contributed by atoms with Crippen LogP contribution in [0.4, 0.5) is 0 Å². The van der Waals surface area contributed by atoms with Crippen molar-refractivity contribution in [1.82, 2.24) is 0 Å². The van der Waals surface area contributed by atoms with Crippen LogP contribution in [-0.4, -0.2) is 0 Å². The fraction of sp³-hybridized carbons (Fsp3) is 0. The van der Waals surface area contributed by atoms with Gasteiger partial charge in [-0.15, -0.1) is 163 Å². The van der Waals surface area contributed by atoms with Crippen LogP contribution in [0.3, 0.4) is 0 Å². The van der Waals surface area contributed by atoms with Crippen molar-refractivity contribution in [1.29, 1.82) is 0 Å². The standard InChI is InChI=1S/4C6Cl5.Nb/c4*7-2-1-3(8)5(10)6(11)4(2)9;/q4*-1;. The summed E-state index contributed by atoms with van der Waals surface area (Å²) in [6, 6.07) is 10.1. The molecule has 0 fully saturated rings. The summed E-state index contributed by atoms with van der Waals surface area (Å²) < 4.78 is 0. The number of hydrogen-bond donors (Lipinski definition) is 0. The first kappa shape index (κ1) is 48.4. The van der Waals surface area contributed by atoms with Gasteiger partial charge in [-0.25, -0.2) is 0 Å². The Morgan fingerprint density at radius 3 is 0.356 bits per heavy atom. The van der Waals surface area contributed by atoms with Crippen molar-refractivity contribution in [3.63, 3.8) is 0 Å². The minimum Gasteiger partial charge on any atom is -0.164 e. The SMILES string of the molecule is Clc1[c-]c(Cl)c(Cl)c(Cl)c1Cl.Clc1[c-]c(Cl)c(Cl)c(Cl)c1Cl.Clc1[c-]c(Cl)c(Cl)c(Cl)c1Cl.Clc1[c-]c(Cl)c(Cl)c(Cl)c1Cl.[Nb]. The van der Waals surface area contributed by atoms with E-state index in [1.165, 1.54) is 0 Å². The first-order valence-electron chi connectivity index (χ1n) is 9.78. The molecule has 4 rings (SSSR count). The third kappa shape index (κ3) is 14.1. The molecule has 0 aliphatic carbocycles. The van der Waals surface area contributed by atoms with Gasteiger partial charge in [0.05, 0.1) is 0 Å². The summed E-state index contributed by atoms with van der Waals surface area (Å²) in [6.45, 7) is 0. The van der Waals surface area contributed by atoms with Gasteiger partial charge in [0.2, 0.25) is 0 Å². The molecule has 0 aliphatic rings. The van der Waals surface area contributed by atoms with E-state index in [1.54, 1.807) is 0 Å². The maximum absolute atomic E-state index is 5.64. The van der Waals surface area contributed by atoms with Crippen molar-refractivity contribution < 1.29 is 22.4 Å². The van der Waals surface area contributed by atoms with Gasteiger partial charge in [-0.05, 0) is 60.3 Å². The average molecular weight is 1090 g/mol. The second-order valence-corrected chi connectivity index (χ2v) is 14.3. The van der Waals surface area contributed by atoms with Gasteiger partial charge in [-0.3, -0.25) is 0 Å². The van der Waals surface area contributed by atoms with E-state index < -0.39 is 0 Å². The molecule has 0 amide bonds. The topological polar surface area (TPSA) is 0 Å². The zero-order valence-electron chi connectivity index (χ0n) is 20.0. The van der Waals surface area contributed by atoms with E-state index in [0.717, 1.165) is 0 Å². The van der Waals surface area contributed by atoms with E-state index in [4.69, 9.17) is 232 Å². The Morgan fingerprint density at radius 1 is 0.178 bits per heavy atom. The molecule has 0 heterocycles. The molecule has 1 radical (unpaired) electrons. The molecule has 0 aromatic heterocycles. The predicted octanol–water partition coefficient (Wildman–Crippen LogP) is 19.0. The molecule has 4 aromatic carbocycles. The molecule has 0 aliphatic heterocycles. The second-order valence-electron chi connectivity index (χ2n) is 6.78. The van der Waals surface area contributed by atoms with Crippen LogP contribution in [0.25, 0.3) is 0 Å². The summed E-state index contributed by atoms with van der Waals surface area (Å²) in [5, 5.41) is 3.35. The van der Waals surface area contributed by atoms with Crippen LogP contribution in [0.5, 0.6) is 0 Å². The fourth-order valence-corrected chi connectivity index (χ4v) is 6.16. The minimum atomic E-state index is 0. The molecule has 0 saturated heterocycles. The molecule has 0 bridgehead atoms. The van der Waals surface area contributed by atoms with E-state index in [2.05, 4.69) is 24.3 Å². The molecule has 0 N–H and O–H groups in total. The third-order valence-corrected chi connectivity index (χ3v) is 12.3. The number of rotatable bonds is 0. The maximum atomic E-state index is 5.64. The van der Waals surface area contributed by atoms with E-state index in [-0.39, 0.29) is 123 Å². The van der Waals surface area contributed by atoms with Gasteiger partial charge < -0.3 is 0 Å². The van der Waals surface area contributed by atoms with Crippen molar-refractivity contribution in [2.45, 2.75) is 0 Å². The minimum absolute atomic E-state index is 0. The summed E-state index contributed by atoms with van der Waals surface area (Å²) >= 11 is 112. The molecule has 245 valence electrons. The van der Waals surface area contributed by atoms with Crippen LogP contribution in [0.2, 0.25) is 100 Å². The first-order chi connectivity index (χ1) is 20.1. The van der Waals surface area contributed by atoms with Crippen LogP contribution in [0.1, 0.15) is 0 Å². The zero-order chi connectivity index (χ0) is 34.4. The van der Waals surface area contributed by atoms with E-state index in [1.807, 2.05) is 0 Å². The Kier molecular flexibility index (Phi) is 24.2. The summed E-state index contributed by atoms with van der Waals surface area (Å²) in [5.41, 5.74) is 0. The quantitative estimate of drug-likeness (QED) is 0.0713. The maximum Gasteiger partial charge on any atom is 0 e. The summed E-state index contributed by atoms with van der Waals surface area (Å²) in [6.07, 6.45) is 0. The zero-order valence-corrected chi connectivity index (χ0v) is 37.3. The van der Waals surface area contributed by atoms with Gasteiger partial charge in [-0.2, -0.15) is 92.8 Å². The van der Waals surface area contributed by atoms with E-state index in [0.29, 0.717) is 0 Å². The third-order valence-electron chi connectivity index (χ3n) is 3.96. The number of hydrogen-bond acceptors (Lipinski definition) is 0. The van der Waals surface area contributed by atoms with Gasteiger partial charge >= 0.3 is 0 Å². The van der Waals surface area contributed by atoms with Crippen LogP contribution in [-0.2, 0) is 22.4 Å². The molecule has 4 aromatic rings. The van der Waals surface area contributed by atoms with Gasteiger partial charge in [0, 0.05) is 22.4 Å². The van der Waals surface area contributed by atoms with Crippen LogP contribution in [0, 0.1) is 24.3 Å². The molecule has 45 heavy (non-hydrogen) atoms. The summed E-state index contributed by atoms with van der Waals surface area (Å²) in [5.74, 6) is 0. The number of benzene rings is 4. The summed E-state index contributed by atoms with van der Waals surface area (Å²) in [7, 11) is 0. The Bertz CT molecular complexity index is 1320. The molecular formula is C24Cl20Nb-4. The Morgan fingerprint density at radius 2 is 0.267 bits per heavy atom. The Labute approximate surface area is 373 Å². The molecule has 21 heteroatoms. The first-order valence-corrected chi connectivity index (χ1v) is 17.3. The Hall–Kier alpha value is 3.42. The van der Waals surface area contributed by atoms with Gasteiger partial charge in [0.1, 0.15) is 0 Å². The van der Waals surface area contributed by atoms with Crippen molar-refractivity contribution in [3.05, 3.63) is 125 Å². The van der Waals surface area contributed by atoms with Crippen molar-refractivity contribution in [2.75, 3.05) is 0 Å². The smallest absolute Gasteiger partial charge is 0 e. The van der Waals surface area contributed by atoms with Crippen LogP contribution < -0.4 is 0 Å². The molecule has 0 atom stereocenters. The van der Waals surface area contributed by atoms with Crippen molar-refractivity contribution in [3.8, 4) is 0 Å². The van der Waals surface area contributed by atoms with Gasteiger partial charge in [-0.1, -0.05) is 40.2 Å². The van der Waals surface area contributed by atoms with Crippen molar-refractivity contribution in [2.24, 2.45) is 0 Å². The van der Waals surface area contributed by atoms with E-state index in [9.17, 15) is 0 Å². The van der Waals surface area contributed by atoms with Crippen LogP contribution >= 0.6 is 232 Å². The molecule has 0 saturated carbocycles. The number of halogens is 20. The monoisotopic (exact) mass is 1080 g/mol. The average Bonchev–Trinajstić information content (AvgIpc) is 2.97. The van der Waals surface area contributed by atoms with Crippen LogP contribution in [0.15, 0.2) is 0 Å². The second kappa shape index (κ2) is 22.5. The normalized spacial score (nSPS) is 10.0. The largest absolute Gasteiger partial charge is 0.164 e. The van der Waals surface area contributed by atoms with Gasteiger partial charge in [0.25, 0.3) is 0 Å². The van der Waals surface area contributed by atoms with Crippen molar-refractivity contribution >= 4 is 232 Å².